The quantitative estimate of drug-likeness (QED) is 0.773. The number of aromatic carboxylic acids is 1. The summed E-state index contributed by atoms with van der Waals surface area (Å²) in [6.07, 6.45) is 1.14. The van der Waals surface area contributed by atoms with Gasteiger partial charge in [-0.25, -0.2) is 4.79 Å². The maximum Gasteiger partial charge on any atom is 0.340 e. The van der Waals surface area contributed by atoms with Gasteiger partial charge >= 0.3 is 5.97 Å². The first-order chi connectivity index (χ1) is 7.70. The van der Waals surface area contributed by atoms with Gasteiger partial charge in [0.15, 0.2) is 0 Å². The summed E-state index contributed by atoms with van der Waals surface area (Å²) >= 11 is 0. The molecule has 0 saturated carbocycles. The predicted molar refractivity (Wildman–Crippen MR) is 61.7 cm³/mol. The Kier molecular flexibility index (Phi) is 3.83. The number of hydrogen-bond donors (Lipinski definition) is 2. The minimum absolute atomic E-state index is 0.101. The SMILES string of the molecule is CC.O=C(O)c1c(O)cnc2ccccc12. The van der Waals surface area contributed by atoms with Crippen LogP contribution in [0, 0.1) is 0 Å². The lowest BCUT2D eigenvalue weighted by Gasteiger charge is -2.03. The summed E-state index contributed by atoms with van der Waals surface area (Å²) < 4.78 is 0. The zero-order valence-electron chi connectivity index (χ0n) is 9.14. The van der Waals surface area contributed by atoms with Crippen LogP contribution in [0.1, 0.15) is 24.2 Å². The van der Waals surface area contributed by atoms with E-state index in [0.29, 0.717) is 10.9 Å². The molecule has 0 bridgehead atoms. The van der Waals surface area contributed by atoms with E-state index in [0.717, 1.165) is 6.20 Å². The standard InChI is InChI=1S/C10H7NO3.C2H6/c12-8-5-11-7-4-2-1-3-6(7)9(8)10(13)14;1-2/h1-5,12H,(H,13,14);1-2H3. The van der Waals surface area contributed by atoms with Crippen LogP contribution in [0.15, 0.2) is 30.5 Å². The molecule has 0 spiro atoms. The van der Waals surface area contributed by atoms with Crippen molar-refractivity contribution in [1.82, 2.24) is 4.98 Å². The first-order valence-electron chi connectivity index (χ1n) is 5.00. The molecule has 0 aliphatic heterocycles. The van der Waals surface area contributed by atoms with E-state index in [9.17, 15) is 9.90 Å². The lowest BCUT2D eigenvalue weighted by atomic mass is 10.1. The number of rotatable bonds is 1. The normalized spacial score (nSPS) is 9.38. The van der Waals surface area contributed by atoms with E-state index in [1.54, 1.807) is 24.3 Å². The minimum Gasteiger partial charge on any atom is -0.505 e. The Balaban J connectivity index is 0.000000606. The Morgan fingerprint density at radius 1 is 1.25 bits per heavy atom. The van der Waals surface area contributed by atoms with Crippen LogP contribution in [0.25, 0.3) is 10.9 Å². The molecular weight excluding hydrogens is 206 g/mol. The Bertz CT molecular complexity index is 509. The van der Waals surface area contributed by atoms with Crippen LogP contribution in [0.3, 0.4) is 0 Å². The van der Waals surface area contributed by atoms with Gasteiger partial charge in [-0.3, -0.25) is 4.98 Å². The molecule has 2 aromatic rings. The maximum absolute atomic E-state index is 10.8. The van der Waals surface area contributed by atoms with Crippen molar-refractivity contribution < 1.29 is 15.0 Å². The third kappa shape index (κ3) is 2.11. The number of fused-ring (bicyclic) bond motifs is 1. The number of para-hydroxylation sites is 1. The second-order valence-corrected chi connectivity index (χ2v) is 2.84. The summed E-state index contributed by atoms with van der Waals surface area (Å²) in [5, 5.41) is 18.7. The fraction of sp³-hybridized carbons (Fsp3) is 0.167. The van der Waals surface area contributed by atoms with Gasteiger partial charge < -0.3 is 10.2 Å². The number of pyridine rings is 1. The van der Waals surface area contributed by atoms with Gasteiger partial charge in [0.1, 0.15) is 11.3 Å². The molecule has 0 aliphatic rings. The number of aromatic hydroxyl groups is 1. The van der Waals surface area contributed by atoms with Crippen LogP contribution in [0.2, 0.25) is 0 Å². The molecule has 4 nitrogen and oxygen atoms in total. The van der Waals surface area contributed by atoms with Crippen molar-refractivity contribution in [2.45, 2.75) is 13.8 Å². The average molecular weight is 219 g/mol. The van der Waals surface area contributed by atoms with Gasteiger partial charge in [0.25, 0.3) is 0 Å². The molecule has 0 aliphatic carbocycles. The molecule has 0 amide bonds. The molecule has 0 saturated heterocycles. The van der Waals surface area contributed by atoms with Crippen molar-refractivity contribution in [1.29, 1.82) is 0 Å². The fourth-order valence-corrected chi connectivity index (χ4v) is 1.36. The molecule has 84 valence electrons. The summed E-state index contributed by atoms with van der Waals surface area (Å²) in [5.74, 6) is -1.46. The molecule has 0 fully saturated rings. The van der Waals surface area contributed by atoms with Gasteiger partial charge in [-0.2, -0.15) is 0 Å². The molecule has 0 atom stereocenters. The summed E-state index contributed by atoms with van der Waals surface area (Å²) in [6.45, 7) is 4.00. The van der Waals surface area contributed by atoms with Gasteiger partial charge in [0, 0.05) is 5.39 Å². The van der Waals surface area contributed by atoms with E-state index >= 15 is 0 Å². The first kappa shape index (κ1) is 12.0. The second kappa shape index (κ2) is 5.11. The van der Waals surface area contributed by atoms with Crippen LogP contribution < -0.4 is 0 Å². The Morgan fingerprint density at radius 2 is 1.88 bits per heavy atom. The molecule has 1 aromatic heterocycles. The van der Waals surface area contributed by atoms with Gasteiger partial charge in [0.05, 0.1) is 11.7 Å². The zero-order chi connectivity index (χ0) is 12.1. The second-order valence-electron chi connectivity index (χ2n) is 2.84. The van der Waals surface area contributed by atoms with E-state index in [2.05, 4.69) is 4.98 Å². The summed E-state index contributed by atoms with van der Waals surface area (Å²) in [7, 11) is 0. The third-order valence-electron chi connectivity index (χ3n) is 1.97. The average Bonchev–Trinajstić information content (AvgIpc) is 2.31. The molecule has 1 heterocycles. The third-order valence-corrected chi connectivity index (χ3v) is 1.97. The number of benzene rings is 1. The van der Waals surface area contributed by atoms with Gasteiger partial charge in [-0.15, -0.1) is 0 Å². The maximum atomic E-state index is 10.8. The van der Waals surface area contributed by atoms with Crippen LogP contribution in [0.4, 0.5) is 0 Å². The highest BCUT2D eigenvalue weighted by atomic mass is 16.4. The van der Waals surface area contributed by atoms with E-state index in [-0.39, 0.29) is 11.3 Å². The van der Waals surface area contributed by atoms with Gasteiger partial charge in [-0.05, 0) is 6.07 Å². The van der Waals surface area contributed by atoms with Crippen molar-refractivity contribution in [3.05, 3.63) is 36.0 Å². The van der Waals surface area contributed by atoms with E-state index < -0.39 is 5.97 Å². The van der Waals surface area contributed by atoms with Crippen LogP contribution in [0.5, 0.6) is 5.75 Å². The summed E-state index contributed by atoms with van der Waals surface area (Å²) in [4.78, 5) is 14.8. The smallest absolute Gasteiger partial charge is 0.340 e. The molecule has 4 heteroatoms. The van der Waals surface area contributed by atoms with Crippen molar-refractivity contribution in [3.63, 3.8) is 0 Å². The lowest BCUT2D eigenvalue weighted by molar-refractivity contribution is 0.0696. The van der Waals surface area contributed by atoms with E-state index in [4.69, 9.17) is 5.11 Å². The topological polar surface area (TPSA) is 70.4 Å². The van der Waals surface area contributed by atoms with Crippen LogP contribution >= 0.6 is 0 Å². The van der Waals surface area contributed by atoms with Crippen molar-refractivity contribution in [3.8, 4) is 5.75 Å². The molecular formula is C12H13NO3. The zero-order valence-corrected chi connectivity index (χ0v) is 9.14. The van der Waals surface area contributed by atoms with Crippen molar-refractivity contribution in [2.24, 2.45) is 0 Å². The number of carbonyl (C=O) groups is 1. The largest absolute Gasteiger partial charge is 0.505 e. The Labute approximate surface area is 93.2 Å². The van der Waals surface area contributed by atoms with Gasteiger partial charge in [0.2, 0.25) is 0 Å². The molecule has 0 unspecified atom stereocenters. The first-order valence-corrected chi connectivity index (χ1v) is 5.00. The monoisotopic (exact) mass is 219 g/mol. The highest BCUT2D eigenvalue weighted by Gasteiger charge is 2.13. The van der Waals surface area contributed by atoms with Crippen LogP contribution in [-0.2, 0) is 0 Å². The molecule has 16 heavy (non-hydrogen) atoms. The minimum atomic E-state index is -1.15. The van der Waals surface area contributed by atoms with Crippen molar-refractivity contribution >= 4 is 16.9 Å². The highest BCUT2D eigenvalue weighted by molar-refractivity contribution is 6.04. The van der Waals surface area contributed by atoms with Crippen molar-refractivity contribution in [2.75, 3.05) is 0 Å². The van der Waals surface area contributed by atoms with E-state index in [1.807, 2.05) is 13.8 Å². The predicted octanol–water partition coefficient (Wildman–Crippen LogP) is 2.66. The molecule has 1 aromatic carbocycles. The summed E-state index contributed by atoms with van der Waals surface area (Å²) in [6, 6.07) is 6.78. The van der Waals surface area contributed by atoms with Gasteiger partial charge in [-0.1, -0.05) is 32.0 Å². The lowest BCUT2D eigenvalue weighted by Crippen LogP contribution is -1.99. The van der Waals surface area contributed by atoms with E-state index in [1.165, 1.54) is 0 Å². The highest BCUT2D eigenvalue weighted by Crippen LogP contribution is 2.24. The van der Waals surface area contributed by atoms with Crippen LogP contribution in [-0.4, -0.2) is 21.2 Å². The number of aromatic nitrogens is 1. The number of nitrogens with zero attached hydrogens (tertiary/aromatic N) is 1. The number of carboxylic acid groups (broad SMARTS) is 1. The number of hydrogen-bond acceptors (Lipinski definition) is 3. The number of carboxylic acids is 1. The Hall–Kier alpha value is -2.10. The molecule has 2 N–H and O–H groups in total. The fourth-order valence-electron chi connectivity index (χ4n) is 1.36. The summed E-state index contributed by atoms with van der Waals surface area (Å²) in [5.41, 5.74) is 0.457. The molecule has 2 rings (SSSR count). The molecule has 0 radical (unpaired) electrons. The Morgan fingerprint density at radius 3 is 2.50 bits per heavy atom.